The molecule has 0 heterocycles. The monoisotopic (exact) mass is 395 g/mol. The molecule has 3 amide bonds. The predicted octanol–water partition coefficient (Wildman–Crippen LogP) is 2.68. The Morgan fingerprint density at radius 3 is 2.56 bits per heavy atom. The third kappa shape index (κ3) is 7.46. The fourth-order valence-electron chi connectivity index (χ4n) is 3.24. The highest BCUT2D eigenvalue weighted by atomic mass is 35.5. The molecule has 27 heavy (non-hydrogen) atoms. The van der Waals surface area contributed by atoms with Crippen LogP contribution in [0.15, 0.2) is 24.3 Å². The third-order valence-corrected chi connectivity index (χ3v) is 4.99. The molecule has 1 aromatic rings. The zero-order valence-corrected chi connectivity index (χ0v) is 16.0. The largest absolute Gasteiger partial charge is 0.456 e. The maximum Gasteiger partial charge on any atom is 0.312 e. The van der Waals surface area contributed by atoms with Crippen molar-refractivity contribution in [2.24, 2.45) is 11.7 Å². The van der Waals surface area contributed by atoms with Crippen molar-refractivity contribution >= 4 is 29.5 Å². The molecule has 0 aliphatic heterocycles. The molecule has 0 bridgehead atoms. The van der Waals surface area contributed by atoms with Crippen LogP contribution in [0, 0.1) is 5.92 Å². The van der Waals surface area contributed by atoms with Crippen molar-refractivity contribution in [2.75, 3.05) is 13.2 Å². The number of rotatable bonds is 8. The number of amides is 3. The Labute approximate surface area is 164 Å². The lowest BCUT2D eigenvalue weighted by molar-refractivity contribution is -0.149. The summed E-state index contributed by atoms with van der Waals surface area (Å²) in [6.07, 6.45) is 5.73. The van der Waals surface area contributed by atoms with Crippen molar-refractivity contribution in [3.63, 3.8) is 0 Å². The fraction of sp³-hybridized carbons (Fsp3) is 0.526. The van der Waals surface area contributed by atoms with Crippen LogP contribution in [0.3, 0.4) is 0 Å². The zero-order valence-electron chi connectivity index (χ0n) is 15.2. The van der Waals surface area contributed by atoms with Gasteiger partial charge in [0.2, 0.25) is 0 Å². The average Bonchev–Trinajstić information content (AvgIpc) is 2.65. The molecule has 0 saturated heterocycles. The molecule has 4 N–H and O–H groups in total. The van der Waals surface area contributed by atoms with Crippen LogP contribution in [0.2, 0.25) is 5.02 Å². The topological polar surface area (TPSA) is 111 Å². The van der Waals surface area contributed by atoms with Crippen molar-refractivity contribution in [3.05, 3.63) is 34.9 Å². The number of primary amides is 1. The van der Waals surface area contributed by atoms with Gasteiger partial charge in [0.05, 0.1) is 12.5 Å². The van der Waals surface area contributed by atoms with Crippen LogP contribution < -0.4 is 16.4 Å². The number of carbonyl (C=O) groups excluding carboxylic acids is 3. The number of urea groups is 1. The summed E-state index contributed by atoms with van der Waals surface area (Å²) in [4.78, 5) is 35.2. The van der Waals surface area contributed by atoms with Gasteiger partial charge < -0.3 is 21.1 Å². The number of ether oxygens (including phenoxy) is 1. The molecule has 7 nitrogen and oxygen atoms in total. The van der Waals surface area contributed by atoms with Gasteiger partial charge in [-0.05, 0) is 30.4 Å². The SMILES string of the molecule is NC(=O)NC(CC(=O)OCC(=O)NCC1CCCCC1)c1ccccc1Cl. The highest BCUT2D eigenvalue weighted by molar-refractivity contribution is 6.31. The van der Waals surface area contributed by atoms with Gasteiger partial charge in [-0.2, -0.15) is 0 Å². The Bertz CT molecular complexity index is 662. The van der Waals surface area contributed by atoms with Gasteiger partial charge in [-0.25, -0.2) is 4.79 Å². The lowest BCUT2D eigenvalue weighted by Crippen LogP contribution is -2.36. The Morgan fingerprint density at radius 2 is 1.89 bits per heavy atom. The van der Waals surface area contributed by atoms with Gasteiger partial charge in [-0.1, -0.05) is 49.1 Å². The van der Waals surface area contributed by atoms with Crippen molar-refractivity contribution < 1.29 is 19.1 Å². The van der Waals surface area contributed by atoms with E-state index >= 15 is 0 Å². The number of carbonyl (C=O) groups is 3. The summed E-state index contributed by atoms with van der Waals surface area (Å²) < 4.78 is 5.03. The van der Waals surface area contributed by atoms with Gasteiger partial charge in [0.15, 0.2) is 6.61 Å². The minimum atomic E-state index is -0.780. The van der Waals surface area contributed by atoms with Crippen LogP contribution in [0.4, 0.5) is 4.79 Å². The molecule has 1 aromatic carbocycles. The second kappa shape index (κ2) is 10.8. The minimum absolute atomic E-state index is 0.178. The predicted molar refractivity (Wildman–Crippen MR) is 102 cm³/mol. The molecular weight excluding hydrogens is 370 g/mol. The van der Waals surface area contributed by atoms with Gasteiger partial charge >= 0.3 is 12.0 Å². The molecule has 1 aliphatic carbocycles. The number of esters is 1. The molecular formula is C19H26ClN3O4. The van der Waals surface area contributed by atoms with E-state index in [0.29, 0.717) is 23.0 Å². The lowest BCUT2D eigenvalue weighted by atomic mass is 9.89. The minimum Gasteiger partial charge on any atom is -0.456 e. The first kappa shape index (κ1) is 21.0. The standard InChI is InChI=1S/C19H26ClN3O4/c20-15-9-5-4-8-14(15)16(23-19(21)26)10-18(25)27-12-17(24)22-11-13-6-2-1-3-7-13/h4-5,8-9,13,16H,1-3,6-7,10-12H2,(H,22,24)(H3,21,23,26). The van der Waals surface area contributed by atoms with Gasteiger partial charge in [0, 0.05) is 11.6 Å². The molecule has 148 valence electrons. The summed E-state index contributed by atoms with van der Waals surface area (Å²) in [7, 11) is 0. The summed E-state index contributed by atoms with van der Waals surface area (Å²) >= 11 is 6.12. The quantitative estimate of drug-likeness (QED) is 0.587. The van der Waals surface area contributed by atoms with Crippen LogP contribution in [0.25, 0.3) is 0 Å². The van der Waals surface area contributed by atoms with E-state index in [1.165, 1.54) is 19.3 Å². The highest BCUT2D eigenvalue weighted by Gasteiger charge is 2.21. The van der Waals surface area contributed by atoms with E-state index in [1.54, 1.807) is 24.3 Å². The van der Waals surface area contributed by atoms with Crippen LogP contribution in [0.5, 0.6) is 0 Å². The molecule has 2 rings (SSSR count). The van der Waals surface area contributed by atoms with Gasteiger partial charge in [0.25, 0.3) is 5.91 Å². The second-order valence-corrected chi connectivity index (χ2v) is 7.16. The first-order valence-corrected chi connectivity index (χ1v) is 9.56. The Hall–Kier alpha value is -2.28. The number of halogens is 1. The van der Waals surface area contributed by atoms with E-state index in [-0.39, 0.29) is 18.9 Å². The Kier molecular flexibility index (Phi) is 8.39. The molecule has 8 heteroatoms. The molecule has 0 spiro atoms. The van der Waals surface area contributed by atoms with Crippen molar-refractivity contribution in [1.29, 1.82) is 0 Å². The lowest BCUT2D eigenvalue weighted by Gasteiger charge is -2.21. The normalized spacial score (nSPS) is 15.6. The number of nitrogens with two attached hydrogens (primary N) is 1. The van der Waals surface area contributed by atoms with E-state index in [1.807, 2.05) is 0 Å². The average molecular weight is 396 g/mol. The number of hydrogen-bond donors (Lipinski definition) is 3. The van der Waals surface area contributed by atoms with Crippen LogP contribution in [0.1, 0.15) is 50.1 Å². The molecule has 1 fully saturated rings. The first-order chi connectivity index (χ1) is 13.0. The second-order valence-electron chi connectivity index (χ2n) is 6.76. The molecule has 1 saturated carbocycles. The Morgan fingerprint density at radius 1 is 1.19 bits per heavy atom. The molecule has 0 radical (unpaired) electrons. The maximum atomic E-state index is 12.1. The number of hydrogen-bond acceptors (Lipinski definition) is 4. The number of benzene rings is 1. The summed E-state index contributed by atoms with van der Waals surface area (Å²) in [5.41, 5.74) is 5.73. The van der Waals surface area contributed by atoms with E-state index in [2.05, 4.69) is 10.6 Å². The zero-order chi connectivity index (χ0) is 19.6. The van der Waals surface area contributed by atoms with E-state index in [9.17, 15) is 14.4 Å². The summed E-state index contributed by atoms with van der Waals surface area (Å²) in [5, 5.41) is 5.68. The smallest absolute Gasteiger partial charge is 0.312 e. The summed E-state index contributed by atoms with van der Waals surface area (Å²) in [6, 6.07) is 5.30. The Balaban J connectivity index is 1.80. The molecule has 1 aliphatic rings. The molecule has 0 aromatic heterocycles. The number of nitrogens with one attached hydrogen (secondary N) is 2. The van der Waals surface area contributed by atoms with Gasteiger partial charge in [0.1, 0.15) is 0 Å². The van der Waals surface area contributed by atoms with Crippen LogP contribution >= 0.6 is 11.6 Å². The summed E-state index contributed by atoms with van der Waals surface area (Å²) in [6.45, 7) is 0.263. The highest BCUT2D eigenvalue weighted by Crippen LogP contribution is 2.25. The van der Waals surface area contributed by atoms with Crippen molar-refractivity contribution in [2.45, 2.75) is 44.6 Å². The molecule has 1 atom stereocenters. The van der Waals surface area contributed by atoms with E-state index in [4.69, 9.17) is 22.1 Å². The first-order valence-electron chi connectivity index (χ1n) is 9.18. The summed E-state index contributed by atoms with van der Waals surface area (Å²) in [5.74, 6) is -0.449. The van der Waals surface area contributed by atoms with Crippen LogP contribution in [-0.2, 0) is 14.3 Å². The van der Waals surface area contributed by atoms with Crippen LogP contribution in [-0.4, -0.2) is 31.1 Å². The molecule has 1 unspecified atom stereocenters. The van der Waals surface area contributed by atoms with Gasteiger partial charge in [-0.3, -0.25) is 9.59 Å². The fourth-order valence-corrected chi connectivity index (χ4v) is 3.51. The van der Waals surface area contributed by atoms with E-state index in [0.717, 1.165) is 12.8 Å². The van der Waals surface area contributed by atoms with E-state index < -0.39 is 18.0 Å². The third-order valence-electron chi connectivity index (χ3n) is 4.64. The maximum absolute atomic E-state index is 12.1. The van der Waals surface area contributed by atoms with Crippen molar-refractivity contribution in [3.8, 4) is 0 Å². The van der Waals surface area contributed by atoms with Gasteiger partial charge in [-0.15, -0.1) is 0 Å². The van der Waals surface area contributed by atoms with Crippen molar-refractivity contribution in [1.82, 2.24) is 10.6 Å².